The fourth-order valence-corrected chi connectivity index (χ4v) is 7.17. The zero-order valence-electron chi connectivity index (χ0n) is 26.6. The van der Waals surface area contributed by atoms with Gasteiger partial charge in [0.15, 0.2) is 34.8 Å². The van der Waals surface area contributed by atoms with Crippen LogP contribution < -0.4 is 4.74 Å². The van der Waals surface area contributed by atoms with Crippen LogP contribution in [0, 0.1) is 34.9 Å². The summed E-state index contributed by atoms with van der Waals surface area (Å²) in [5, 5.41) is 10.1. The standard InChI is InChI=1S/C37H40F6O4/c1-3-5-29(44)27-16-14-24(31(38)34(27)41)22-10-12-23(13-11-22)47-37(45)28-17-15-25(32(39)35(28)42)20-6-8-21(9-7-20)26-18-19-30(46-4-2)36(43)33(26)40/h14-23,29,44H,3-13H2,1-2H3. The lowest BCUT2D eigenvalue weighted by Gasteiger charge is -2.30. The number of rotatable bonds is 10. The summed E-state index contributed by atoms with van der Waals surface area (Å²) in [6.07, 6.45) is 2.48. The van der Waals surface area contributed by atoms with Crippen LogP contribution in [-0.4, -0.2) is 23.8 Å². The quantitative estimate of drug-likeness (QED) is 0.173. The van der Waals surface area contributed by atoms with Crippen LogP contribution in [0.15, 0.2) is 36.4 Å². The monoisotopic (exact) mass is 662 g/mol. The van der Waals surface area contributed by atoms with E-state index in [1.807, 2.05) is 6.92 Å². The van der Waals surface area contributed by atoms with Crippen molar-refractivity contribution in [2.24, 2.45) is 0 Å². The number of aliphatic hydroxyl groups excluding tert-OH is 1. The molecule has 0 bridgehead atoms. The molecule has 0 spiro atoms. The van der Waals surface area contributed by atoms with Crippen molar-refractivity contribution in [2.45, 2.75) is 108 Å². The average molecular weight is 663 g/mol. The Labute approximate surface area is 271 Å². The van der Waals surface area contributed by atoms with E-state index in [0.717, 1.165) is 0 Å². The highest BCUT2D eigenvalue weighted by Gasteiger charge is 2.33. The highest BCUT2D eigenvalue weighted by Crippen LogP contribution is 2.43. The van der Waals surface area contributed by atoms with E-state index < -0.39 is 58.6 Å². The molecule has 1 atom stereocenters. The number of hydrogen-bond acceptors (Lipinski definition) is 4. The molecule has 0 saturated heterocycles. The number of benzene rings is 3. The van der Waals surface area contributed by atoms with Gasteiger partial charge in [0, 0.05) is 5.56 Å². The van der Waals surface area contributed by atoms with Gasteiger partial charge in [-0.25, -0.2) is 26.7 Å². The van der Waals surface area contributed by atoms with Crippen LogP contribution in [0.4, 0.5) is 26.3 Å². The van der Waals surface area contributed by atoms with Crippen molar-refractivity contribution in [2.75, 3.05) is 6.61 Å². The molecule has 2 aliphatic rings. The first kappa shape index (κ1) is 34.8. The third-order valence-electron chi connectivity index (χ3n) is 9.77. The van der Waals surface area contributed by atoms with Gasteiger partial charge in [0.2, 0.25) is 5.82 Å². The van der Waals surface area contributed by atoms with Crippen LogP contribution >= 0.6 is 0 Å². The molecule has 2 saturated carbocycles. The van der Waals surface area contributed by atoms with Gasteiger partial charge in [0.1, 0.15) is 6.10 Å². The summed E-state index contributed by atoms with van der Waals surface area (Å²) < 4.78 is 99.8. The Hall–Kier alpha value is -3.53. The number of esters is 1. The van der Waals surface area contributed by atoms with E-state index in [0.29, 0.717) is 64.2 Å². The van der Waals surface area contributed by atoms with Gasteiger partial charge in [-0.05, 0) is 111 Å². The largest absolute Gasteiger partial charge is 0.491 e. The summed E-state index contributed by atoms with van der Waals surface area (Å²) >= 11 is 0. The zero-order valence-corrected chi connectivity index (χ0v) is 26.6. The van der Waals surface area contributed by atoms with Gasteiger partial charge < -0.3 is 14.6 Å². The summed E-state index contributed by atoms with van der Waals surface area (Å²) in [4.78, 5) is 12.9. The zero-order chi connectivity index (χ0) is 33.8. The molecular weight excluding hydrogens is 622 g/mol. The molecule has 3 aromatic carbocycles. The molecule has 3 aromatic rings. The second-order valence-corrected chi connectivity index (χ2v) is 12.6. The van der Waals surface area contributed by atoms with Gasteiger partial charge >= 0.3 is 5.97 Å². The van der Waals surface area contributed by atoms with Gasteiger partial charge in [-0.1, -0.05) is 37.6 Å². The van der Waals surface area contributed by atoms with Crippen molar-refractivity contribution in [1.29, 1.82) is 0 Å². The van der Waals surface area contributed by atoms with Crippen LogP contribution in [0.3, 0.4) is 0 Å². The van der Waals surface area contributed by atoms with Crippen molar-refractivity contribution < 1.29 is 45.7 Å². The van der Waals surface area contributed by atoms with Gasteiger partial charge in [0.05, 0.1) is 18.3 Å². The molecule has 0 radical (unpaired) electrons. The molecule has 254 valence electrons. The summed E-state index contributed by atoms with van der Waals surface area (Å²) in [6.45, 7) is 3.72. The molecule has 4 nitrogen and oxygen atoms in total. The Bertz CT molecular complexity index is 1580. The SMILES string of the molecule is CCCC(O)c1ccc(C2CCC(OC(=O)c3ccc(C4CCC(c5ccc(OCC)c(F)c5F)CC4)c(F)c3F)CC2)c(F)c1F. The Morgan fingerprint density at radius 1 is 0.681 bits per heavy atom. The van der Waals surface area contributed by atoms with Crippen LogP contribution in [0.2, 0.25) is 0 Å². The smallest absolute Gasteiger partial charge is 0.341 e. The van der Waals surface area contributed by atoms with Crippen molar-refractivity contribution >= 4 is 5.97 Å². The maximum atomic E-state index is 15.3. The van der Waals surface area contributed by atoms with Crippen molar-refractivity contribution in [3.63, 3.8) is 0 Å². The topological polar surface area (TPSA) is 55.8 Å². The lowest BCUT2D eigenvalue weighted by Crippen LogP contribution is -2.25. The summed E-state index contributed by atoms with van der Waals surface area (Å²) in [5.41, 5.74) is -0.0308. The highest BCUT2D eigenvalue weighted by atomic mass is 19.2. The van der Waals surface area contributed by atoms with Crippen molar-refractivity contribution in [1.82, 2.24) is 0 Å². The van der Waals surface area contributed by atoms with Crippen molar-refractivity contribution in [3.8, 4) is 5.75 Å². The van der Waals surface area contributed by atoms with Crippen LogP contribution in [-0.2, 0) is 4.74 Å². The summed E-state index contributed by atoms with van der Waals surface area (Å²) in [6, 6.07) is 8.41. The lowest BCUT2D eigenvalue weighted by atomic mass is 9.75. The lowest BCUT2D eigenvalue weighted by molar-refractivity contribution is 0.0188. The number of ether oxygens (including phenoxy) is 2. The summed E-state index contributed by atoms with van der Waals surface area (Å²) in [7, 11) is 0. The van der Waals surface area contributed by atoms with E-state index in [1.54, 1.807) is 6.92 Å². The van der Waals surface area contributed by atoms with Gasteiger partial charge in [-0.2, -0.15) is 4.39 Å². The fraction of sp³-hybridized carbons (Fsp3) is 0.486. The van der Waals surface area contributed by atoms with Crippen LogP contribution in [0.25, 0.3) is 0 Å². The number of halogens is 6. The fourth-order valence-electron chi connectivity index (χ4n) is 7.17. The molecule has 2 aliphatic carbocycles. The minimum Gasteiger partial charge on any atom is -0.491 e. The molecule has 0 heterocycles. The Balaban J connectivity index is 1.17. The van der Waals surface area contributed by atoms with E-state index in [1.165, 1.54) is 36.4 Å². The molecule has 0 amide bonds. The third-order valence-corrected chi connectivity index (χ3v) is 9.77. The first-order valence-corrected chi connectivity index (χ1v) is 16.5. The first-order chi connectivity index (χ1) is 22.5. The molecule has 10 heteroatoms. The van der Waals surface area contributed by atoms with Gasteiger partial charge in [0.25, 0.3) is 0 Å². The van der Waals surface area contributed by atoms with Gasteiger partial charge in [-0.3, -0.25) is 0 Å². The Kier molecular flexibility index (Phi) is 11.2. The maximum Gasteiger partial charge on any atom is 0.341 e. The number of hydrogen-bond donors (Lipinski definition) is 1. The number of carbonyl (C=O) groups is 1. The third kappa shape index (κ3) is 7.32. The first-order valence-electron chi connectivity index (χ1n) is 16.5. The van der Waals surface area contributed by atoms with Crippen LogP contribution in [0.1, 0.15) is 135 Å². The van der Waals surface area contributed by atoms with E-state index in [9.17, 15) is 27.5 Å². The molecular formula is C37H40F6O4. The van der Waals surface area contributed by atoms with E-state index >= 15 is 8.78 Å². The Morgan fingerprint density at radius 2 is 1.17 bits per heavy atom. The predicted molar refractivity (Wildman–Crippen MR) is 164 cm³/mol. The molecule has 0 aromatic heterocycles. The Morgan fingerprint density at radius 3 is 1.72 bits per heavy atom. The average Bonchev–Trinajstić information content (AvgIpc) is 3.06. The summed E-state index contributed by atoms with van der Waals surface area (Å²) in [5.74, 6) is -8.55. The van der Waals surface area contributed by atoms with E-state index in [4.69, 9.17) is 9.47 Å². The maximum absolute atomic E-state index is 15.3. The molecule has 0 aliphatic heterocycles. The molecule has 5 rings (SSSR count). The van der Waals surface area contributed by atoms with Crippen molar-refractivity contribution in [3.05, 3.63) is 99.1 Å². The van der Waals surface area contributed by atoms with E-state index in [-0.39, 0.29) is 52.4 Å². The van der Waals surface area contributed by atoms with E-state index in [2.05, 4.69) is 0 Å². The predicted octanol–water partition coefficient (Wildman–Crippen LogP) is 10.1. The minimum atomic E-state index is -1.30. The second-order valence-electron chi connectivity index (χ2n) is 12.6. The normalized spacial score (nSPS) is 22.1. The highest BCUT2D eigenvalue weighted by molar-refractivity contribution is 5.90. The van der Waals surface area contributed by atoms with Crippen LogP contribution in [0.5, 0.6) is 5.75 Å². The van der Waals surface area contributed by atoms with Gasteiger partial charge in [-0.15, -0.1) is 0 Å². The second kappa shape index (κ2) is 15.1. The molecule has 1 unspecified atom stereocenters. The number of aliphatic hydroxyl groups is 1. The minimum absolute atomic E-state index is 0.0697. The number of carbonyl (C=O) groups excluding carboxylic acids is 1. The molecule has 1 N–H and O–H groups in total. The molecule has 2 fully saturated rings. The molecule has 47 heavy (non-hydrogen) atoms.